The number of rotatable bonds is 8. The molecule has 7 nitrogen and oxygen atoms in total. The van der Waals surface area contributed by atoms with Crippen molar-refractivity contribution in [3.8, 4) is 11.5 Å². The summed E-state index contributed by atoms with van der Waals surface area (Å²) < 4.78 is 15.7. The SMILES string of the molecule is COc1cc(C=NNc2nc(C)cs2)ccc1OCCOC(C)=O. The first-order chi connectivity index (χ1) is 11.6. The number of hydrazone groups is 1. The number of thiazole rings is 1. The number of nitrogens with zero attached hydrogens (tertiary/aromatic N) is 2. The predicted octanol–water partition coefficient (Wildman–Crippen LogP) is 2.85. The number of hydrogen-bond donors (Lipinski definition) is 1. The molecule has 2 aromatic rings. The fourth-order valence-electron chi connectivity index (χ4n) is 1.79. The van der Waals surface area contributed by atoms with E-state index in [1.165, 1.54) is 18.3 Å². The summed E-state index contributed by atoms with van der Waals surface area (Å²) in [5.74, 6) is 0.817. The van der Waals surface area contributed by atoms with Crippen molar-refractivity contribution in [2.75, 3.05) is 25.7 Å². The number of esters is 1. The van der Waals surface area contributed by atoms with E-state index in [2.05, 4.69) is 15.5 Å². The second-order valence-electron chi connectivity index (χ2n) is 4.76. The topological polar surface area (TPSA) is 82.0 Å². The Kier molecular flexibility index (Phi) is 6.56. The summed E-state index contributed by atoms with van der Waals surface area (Å²) in [6, 6.07) is 5.43. The van der Waals surface area contributed by atoms with Crippen LogP contribution in [0.4, 0.5) is 5.13 Å². The molecule has 1 aromatic carbocycles. The molecule has 1 aromatic heterocycles. The van der Waals surface area contributed by atoms with Gasteiger partial charge in [-0.2, -0.15) is 5.10 Å². The van der Waals surface area contributed by atoms with E-state index in [-0.39, 0.29) is 19.2 Å². The normalized spacial score (nSPS) is 10.6. The van der Waals surface area contributed by atoms with Crippen molar-refractivity contribution in [2.45, 2.75) is 13.8 Å². The van der Waals surface area contributed by atoms with Gasteiger partial charge in [0.25, 0.3) is 0 Å². The fraction of sp³-hybridized carbons (Fsp3) is 0.312. The van der Waals surface area contributed by atoms with Gasteiger partial charge in [0.05, 0.1) is 19.0 Å². The minimum absolute atomic E-state index is 0.193. The molecule has 0 saturated heterocycles. The third-order valence-corrected chi connectivity index (χ3v) is 3.69. The molecule has 0 atom stereocenters. The average Bonchev–Trinajstić information content (AvgIpc) is 2.97. The molecule has 1 heterocycles. The smallest absolute Gasteiger partial charge is 0.302 e. The Morgan fingerprint density at radius 1 is 1.38 bits per heavy atom. The molecule has 0 radical (unpaired) electrons. The Bertz CT molecular complexity index is 715. The maximum atomic E-state index is 10.7. The second-order valence-corrected chi connectivity index (χ2v) is 5.62. The van der Waals surface area contributed by atoms with E-state index < -0.39 is 0 Å². The van der Waals surface area contributed by atoms with Crippen LogP contribution in [0.15, 0.2) is 28.7 Å². The van der Waals surface area contributed by atoms with Gasteiger partial charge in [0.1, 0.15) is 13.2 Å². The van der Waals surface area contributed by atoms with Crippen LogP contribution in [0.5, 0.6) is 11.5 Å². The van der Waals surface area contributed by atoms with E-state index in [0.29, 0.717) is 11.5 Å². The van der Waals surface area contributed by atoms with E-state index in [4.69, 9.17) is 14.2 Å². The van der Waals surface area contributed by atoms with Gasteiger partial charge in [-0.3, -0.25) is 10.2 Å². The Labute approximate surface area is 144 Å². The standard InChI is InChI=1S/C16H19N3O4S/c1-11-10-24-16(18-11)19-17-9-13-4-5-14(15(8-13)21-3)23-7-6-22-12(2)20/h4-5,8-10H,6-7H2,1-3H3,(H,18,19). The van der Waals surface area contributed by atoms with Gasteiger partial charge in [0, 0.05) is 12.3 Å². The van der Waals surface area contributed by atoms with Gasteiger partial charge in [-0.05, 0) is 30.7 Å². The van der Waals surface area contributed by atoms with Crippen molar-refractivity contribution in [3.63, 3.8) is 0 Å². The van der Waals surface area contributed by atoms with E-state index in [1.807, 2.05) is 18.4 Å². The third kappa shape index (κ3) is 5.54. The largest absolute Gasteiger partial charge is 0.493 e. The van der Waals surface area contributed by atoms with Crippen LogP contribution in [0.3, 0.4) is 0 Å². The van der Waals surface area contributed by atoms with Crippen molar-refractivity contribution in [1.29, 1.82) is 0 Å². The van der Waals surface area contributed by atoms with E-state index in [9.17, 15) is 4.79 Å². The van der Waals surface area contributed by atoms with Crippen LogP contribution < -0.4 is 14.9 Å². The molecule has 1 N–H and O–H groups in total. The maximum Gasteiger partial charge on any atom is 0.302 e. The fourth-order valence-corrected chi connectivity index (χ4v) is 2.43. The number of methoxy groups -OCH3 is 1. The lowest BCUT2D eigenvalue weighted by Gasteiger charge is -2.11. The lowest BCUT2D eigenvalue weighted by atomic mass is 10.2. The summed E-state index contributed by atoms with van der Waals surface area (Å²) in [5, 5.41) is 6.83. The Morgan fingerprint density at radius 2 is 2.21 bits per heavy atom. The lowest BCUT2D eigenvalue weighted by Crippen LogP contribution is -2.10. The molecular weight excluding hydrogens is 330 g/mol. The number of aryl methyl sites for hydroxylation is 1. The summed E-state index contributed by atoms with van der Waals surface area (Å²) in [5.41, 5.74) is 4.68. The number of carbonyl (C=O) groups excluding carboxylic acids is 1. The van der Waals surface area contributed by atoms with Crippen LogP contribution in [0.2, 0.25) is 0 Å². The third-order valence-electron chi connectivity index (χ3n) is 2.83. The zero-order valence-electron chi connectivity index (χ0n) is 13.7. The summed E-state index contributed by atoms with van der Waals surface area (Å²) in [4.78, 5) is 15.0. The zero-order chi connectivity index (χ0) is 17.4. The van der Waals surface area contributed by atoms with Crippen molar-refractivity contribution in [2.24, 2.45) is 5.10 Å². The molecule has 8 heteroatoms. The lowest BCUT2D eigenvalue weighted by molar-refractivity contribution is -0.141. The van der Waals surface area contributed by atoms with Gasteiger partial charge in [0.15, 0.2) is 11.5 Å². The number of carbonyl (C=O) groups is 1. The van der Waals surface area contributed by atoms with Gasteiger partial charge in [-0.1, -0.05) is 0 Å². The van der Waals surface area contributed by atoms with Crippen LogP contribution in [-0.2, 0) is 9.53 Å². The summed E-state index contributed by atoms with van der Waals surface area (Å²) in [6.45, 7) is 3.74. The number of nitrogens with one attached hydrogen (secondary N) is 1. The highest BCUT2D eigenvalue weighted by Gasteiger charge is 2.05. The number of benzene rings is 1. The first kappa shape index (κ1) is 17.7. The molecule has 128 valence electrons. The van der Waals surface area contributed by atoms with Crippen molar-refractivity contribution in [1.82, 2.24) is 4.98 Å². The number of ether oxygens (including phenoxy) is 3. The van der Waals surface area contributed by atoms with Crippen LogP contribution in [0.1, 0.15) is 18.2 Å². The quantitative estimate of drug-likeness (QED) is 0.341. The minimum atomic E-state index is -0.333. The molecule has 0 amide bonds. The van der Waals surface area contributed by atoms with Gasteiger partial charge in [-0.25, -0.2) is 4.98 Å². The van der Waals surface area contributed by atoms with Crippen LogP contribution >= 0.6 is 11.3 Å². The Balaban J connectivity index is 1.93. The molecule has 0 aliphatic carbocycles. The highest BCUT2D eigenvalue weighted by molar-refractivity contribution is 7.13. The first-order valence-electron chi connectivity index (χ1n) is 7.24. The van der Waals surface area contributed by atoms with Crippen LogP contribution in [0.25, 0.3) is 0 Å². The molecule has 0 spiro atoms. The van der Waals surface area contributed by atoms with Crippen LogP contribution in [-0.4, -0.2) is 37.5 Å². The van der Waals surface area contributed by atoms with Gasteiger partial charge in [0.2, 0.25) is 5.13 Å². The molecule has 0 aliphatic heterocycles. The Morgan fingerprint density at radius 3 is 2.88 bits per heavy atom. The highest BCUT2D eigenvalue weighted by atomic mass is 32.1. The molecule has 0 saturated carbocycles. The summed E-state index contributed by atoms with van der Waals surface area (Å²) in [7, 11) is 1.56. The van der Waals surface area contributed by atoms with E-state index >= 15 is 0 Å². The van der Waals surface area contributed by atoms with E-state index in [1.54, 1.807) is 25.5 Å². The highest BCUT2D eigenvalue weighted by Crippen LogP contribution is 2.27. The number of aromatic nitrogens is 1. The van der Waals surface area contributed by atoms with Gasteiger partial charge < -0.3 is 14.2 Å². The first-order valence-corrected chi connectivity index (χ1v) is 8.12. The van der Waals surface area contributed by atoms with Gasteiger partial charge in [-0.15, -0.1) is 11.3 Å². The molecule has 0 fully saturated rings. The molecule has 0 bridgehead atoms. The van der Waals surface area contributed by atoms with Crippen molar-refractivity contribution < 1.29 is 19.0 Å². The molecular formula is C16H19N3O4S. The Hall–Kier alpha value is -2.61. The molecule has 24 heavy (non-hydrogen) atoms. The predicted molar refractivity (Wildman–Crippen MR) is 93.2 cm³/mol. The molecule has 0 unspecified atom stereocenters. The number of anilines is 1. The van der Waals surface area contributed by atoms with Crippen molar-refractivity contribution in [3.05, 3.63) is 34.8 Å². The summed E-state index contributed by atoms with van der Waals surface area (Å²) in [6.07, 6.45) is 1.67. The minimum Gasteiger partial charge on any atom is -0.493 e. The summed E-state index contributed by atoms with van der Waals surface area (Å²) >= 11 is 1.49. The zero-order valence-corrected chi connectivity index (χ0v) is 14.6. The van der Waals surface area contributed by atoms with Crippen molar-refractivity contribution >= 4 is 28.7 Å². The average molecular weight is 349 g/mol. The monoisotopic (exact) mass is 349 g/mol. The maximum absolute atomic E-state index is 10.7. The second kappa shape index (κ2) is 8.88. The molecule has 2 rings (SSSR count). The van der Waals surface area contributed by atoms with Crippen LogP contribution in [0, 0.1) is 6.92 Å². The molecule has 0 aliphatic rings. The van der Waals surface area contributed by atoms with Gasteiger partial charge >= 0.3 is 5.97 Å². The van der Waals surface area contributed by atoms with E-state index in [0.717, 1.165) is 16.4 Å². The number of hydrogen-bond acceptors (Lipinski definition) is 8.